The highest BCUT2D eigenvalue weighted by Gasteiger charge is 2.37. The van der Waals surface area contributed by atoms with Crippen LogP contribution >= 0.6 is 0 Å². The van der Waals surface area contributed by atoms with Gasteiger partial charge in [0.15, 0.2) is 0 Å². The number of H-pyrrole nitrogens is 1. The summed E-state index contributed by atoms with van der Waals surface area (Å²) in [6.07, 6.45) is 3.81. The molecule has 1 aliphatic rings. The standard InChI is InChI=1S/C16H25N5O4/c1-16(2,3)25-15(24)20-11(7-10-8-18-9-19-10)14(23)21-6-4-5-12(21)13(17)22/h8-9,11-12H,4-7H2,1-3H3,(H2,17,22)(H,18,19)(H,20,24). The van der Waals surface area contributed by atoms with Crippen LogP contribution in [0.25, 0.3) is 0 Å². The lowest BCUT2D eigenvalue weighted by Gasteiger charge is -2.28. The molecule has 2 rings (SSSR count). The molecule has 1 aromatic heterocycles. The topological polar surface area (TPSA) is 130 Å². The highest BCUT2D eigenvalue weighted by Crippen LogP contribution is 2.19. The largest absolute Gasteiger partial charge is 0.444 e. The number of alkyl carbamates (subject to hydrolysis) is 1. The number of ether oxygens (including phenoxy) is 1. The molecule has 1 saturated heterocycles. The Hall–Kier alpha value is -2.58. The number of likely N-dealkylation sites (tertiary alicyclic amines) is 1. The Balaban J connectivity index is 2.14. The van der Waals surface area contributed by atoms with Crippen molar-refractivity contribution in [3.63, 3.8) is 0 Å². The summed E-state index contributed by atoms with van der Waals surface area (Å²) in [5, 5.41) is 2.60. The number of nitrogens with two attached hydrogens (primary N) is 1. The molecule has 2 unspecified atom stereocenters. The van der Waals surface area contributed by atoms with Crippen LogP contribution in [0.4, 0.5) is 4.79 Å². The van der Waals surface area contributed by atoms with Crippen LogP contribution in [0.2, 0.25) is 0 Å². The molecule has 0 spiro atoms. The fourth-order valence-corrected chi connectivity index (χ4v) is 2.79. The summed E-state index contributed by atoms with van der Waals surface area (Å²) in [7, 11) is 0. The van der Waals surface area contributed by atoms with Gasteiger partial charge in [-0.25, -0.2) is 9.78 Å². The normalized spacial score (nSPS) is 18.7. The number of rotatable bonds is 5. The number of aromatic nitrogens is 2. The van der Waals surface area contributed by atoms with Crippen LogP contribution in [-0.2, 0) is 20.7 Å². The zero-order valence-corrected chi connectivity index (χ0v) is 14.7. The van der Waals surface area contributed by atoms with E-state index in [1.807, 2.05) is 0 Å². The van der Waals surface area contributed by atoms with E-state index in [4.69, 9.17) is 10.5 Å². The highest BCUT2D eigenvalue weighted by atomic mass is 16.6. The molecule has 0 aromatic carbocycles. The van der Waals surface area contributed by atoms with E-state index in [2.05, 4.69) is 15.3 Å². The van der Waals surface area contributed by atoms with Gasteiger partial charge in [0.05, 0.1) is 6.33 Å². The molecule has 9 nitrogen and oxygen atoms in total. The molecular formula is C16H25N5O4. The number of nitrogens with one attached hydrogen (secondary N) is 2. The van der Waals surface area contributed by atoms with Crippen LogP contribution in [0.5, 0.6) is 0 Å². The fourth-order valence-electron chi connectivity index (χ4n) is 2.79. The first-order chi connectivity index (χ1) is 11.7. The van der Waals surface area contributed by atoms with E-state index >= 15 is 0 Å². The minimum absolute atomic E-state index is 0.208. The molecule has 1 aromatic rings. The van der Waals surface area contributed by atoms with Gasteiger partial charge in [-0.05, 0) is 33.6 Å². The van der Waals surface area contributed by atoms with Crippen molar-refractivity contribution in [2.24, 2.45) is 5.73 Å². The number of primary amides is 1. The van der Waals surface area contributed by atoms with Crippen molar-refractivity contribution in [1.29, 1.82) is 0 Å². The molecule has 25 heavy (non-hydrogen) atoms. The Labute approximate surface area is 146 Å². The third-order valence-corrected chi connectivity index (χ3v) is 3.83. The summed E-state index contributed by atoms with van der Waals surface area (Å²) in [5.74, 6) is -0.898. The summed E-state index contributed by atoms with van der Waals surface area (Å²) in [5.41, 5.74) is 5.38. The average Bonchev–Trinajstić information content (AvgIpc) is 3.14. The molecule has 138 valence electrons. The summed E-state index contributed by atoms with van der Waals surface area (Å²) in [4.78, 5) is 44.8. The maximum atomic E-state index is 12.9. The monoisotopic (exact) mass is 351 g/mol. The second-order valence-corrected chi connectivity index (χ2v) is 7.07. The van der Waals surface area contributed by atoms with Gasteiger partial charge < -0.3 is 25.7 Å². The molecule has 0 radical (unpaired) electrons. The number of carbonyl (C=O) groups excluding carboxylic acids is 3. The van der Waals surface area contributed by atoms with Crippen LogP contribution in [0, 0.1) is 0 Å². The predicted octanol–water partition coefficient (Wildman–Crippen LogP) is 0.322. The van der Waals surface area contributed by atoms with Crippen molar-refractivity contribution in [3.8, 4) is 0 Å². The summed E-state index contributed by atoms with van der Waals surface area (Å²) in [6, 6.07) is -1.52. The molecule has 0 bridgehead atoms. The van der Waals surface area contributed by atoms with E-state index in [0.717, 1.165) is 0 Å². The van der Waals surface area contributed by atoms with Crippen molar-refractivity contribution in [2.45, 2.75) is 57.7 Å². The van der Waals surface area contributed by atoms with Crippen molar-refractivity contribution in [1.82, 2.24) is 20.2 Å². The molecule has 0 aliphatic carbocycles. The molecule has 4 N–H and O–H groups in total. The van der Waals surface area contributed by atoms with Crippen LogP contribution in [0.15, 0.2) is 12.5 Å². The van der Waals surface area contributed by atoms with Gasteiger partial charge in [-0.15, -0.1) is 0 Å². The Kier molecular flexibility index (Phi) is 5.66. The number of hydrogen-bond donors (Lipinski definition) is 3. The molecule has 0 saturated carbocycles. The lowest BCUT2D eigenvalue weighted by Crippen LogP contribution is -2.54. The quantitative estimate of drug-likeness (QED) is 0.703. The second-order valence-electron chi connectivity index (χ2n) is 7.07. The van der Waals surface area contributed by atoms with Gasteiger partial charge in [0, 0.05) is 24.9 Å². The molecule has 1 aliphatic heterocycles. The van der Waals surface area contributed by atoms with E-state index in [1.54, 1.807) is 27.0 Å². The van der Waals surface area contributed by atoms with Crippen LogP contribution in [-0.4, -0.2) is 57.0 Å². The van der Waals surface area contributed by atoms with Gasteiger partial charge in [-0.1, -0.05) is 0 Å². The summed E-state index contributed by atoms with van der Waals surface area (Å²) >= 11 is 0. The van der Waals surface area contributed by atoms with Crippen LogP contribution < -0.4 is 11.1 Å². The lowest BCUT2D eigenvalue weighted by atomic mass is 10.1. The summed E-state index contributed by atoms with van der Waals surface area (Å²) in [6.45, 7) is 5.65. The maximum absolute atomic E-state index is 12.9. The fraction of sp³-hybridized carbons (Fsp3) is 0.625. The van der Waals surface area contributed by atoms with E-state index < -0.39 is 29.7 Å². The van der Waals surface area contributed by atoms with Gasteiger partial charge >= 0.3 is 6.09 Å². The van der Waals surface area contributed by atoms with Gasteiger partial charge in [0.1, 0.15) is 17.7 Å². The van der Waals surface area contributed by atoms with Gasteiger partial charge in [-0.2, -0.15) is 0 Å². The zero-order valence-electron chi connectivity index (χ0n) is 14.7. The SMILES string of the molecule is CC(C)(C)OC(=O)NC(Cc1cnc[nH]1)C(=O)N1CCCC1C(N)=O. The number of carbonyl (C=O) groups is 3. The minimum Gasteiger partial charge on any atom is -0.444 e. The third-order valence-electron chi connectivity index (χ3n) is 3.83. The Morgan fingerprint density at radius 1 is 1.48 bits per heavy atom. The number of hydrogen-bond acceptors (Lipinski definition) is 5. The number of nitrogens with zero attached hydrogens (tertiary/aromatic N) is 2. The molecule has 2 atom stereocenters. The smallest absolute Gasteiger partial charge is 0.408 e. The zero-order chi connectivity index (χ0) is 18.6. The average molecular weight is 351 g/mol. The molecular weight excluding hydrogens is 326 g/mol. The minimum atomic E-state index is -0.879. The van der Waals surface area contributed by atoms with Crippen LogP contribution in [0.3, 0.4) is 0 Å². The van der Waals surface area contributed by atoms with Crippen molar-refractivity contribution >= 4 is 17.9 Å². The van der Waals surface area contributed by atoms with Crippen molar-refractivity contribution in [3.05, 3.63) is 18.2 Å². The first-order valence-electron chi connectivity index (χ1n) is 8.24. The Bertz CT molecular complexity index is 623. The van der Waals surface area contributed by atoms with E-state index in [1.165, 1.54) is 11.2 Å². The number of amides is 3. The van der Waals surface area contributed by atoms with Gasteiger partial charge in [0.2, 0.25) is 11.8 Å². The first-order valence-corrected chi connectivity index (χ1v) is 8.24. The third kappa shape index (κ3) is 5.20. The van der Waals surface area contributed by atoms with Crippen molar-refractivity contribution in [2.75, 3.05) is 6.54 Å². The second kappa shape index (κ2) is 7.54. The Morgan fingerprint density at radius 3 is 2.76 bits per heavy atom. The van der Waals surface area contributed by atoms with Gasteiger partial charge in [-0.3, -0.25) is 9.59 Å². The van der Waals surface area contributed by atoms with Crippen LogP contribution in [0.1, 0.15) is 39.3 Å². The Morgan fingerprint density at radius 2 is 2.20 bits per heavy atom. The molecule has 3 amide bonds. The van der Waals surface area contributed by atoms with E-state index in [-0.39, 0.29) is 12.3 Å². The molecule has 2 heterocycles. The number of imidazole rings is 1. The highest BCUT2D eigenvalue weighted by molar-refractivity contribution is 5.91. The van der Waals surface area contributed by atoms with E-state index in [9.17, 15) is 14.4 Å². The first kappa shape index (κ1) is 18.8. The van der Waals surface area contributed by atoms with Gasteiger partial charge in [0.25, 0.3) is 0 Å². The lowest BCUT2D eigenvalue weighted by molar-refractivity contribution is -0.139. The number of aromatic amines is 1. The van der Waals surface area contributed by atoms with Crippen molar-refractivity contribution < 1.29 is 19.1 Å². The van der Waals surface area contributed by atoms with E-state index in [0.29, 0.717) is 25.1 Å². The molecule has 9 heteroatoms. The molecule has 1 fully saturated rings. The predicted molar refractivity (Wildman–Crippen MR) is 89.4 cm³/mol. The summed E-state index contributed by atoms with van der Waals surface area (Å²) < 4.78 is 5.24. The maximum Gasteiger partial charge on any atom is 0.408 e.